The zero-order valence-corrected chi connectivity index (χ0v) is 14.7. The van der Waals surface area contributed by atoms with Crippen LogP contribution in [0.4, 0.5) is 0 Å². The van der Waals surface area contributed by atoms with Gasteiger partial charge in [-0.15, -0.1) is 0 Å². The molecule has 2 fully saturated rings. The van der Waals surface area contributed by atoms with Crippen molar-refractivity contribution in [1.29, 1.82) is 0 Å². The lowest BCUT2D eigenvalue weighted by atomic mass is 10.1. The van der Waals surface area contributed by atoms with Gasteiger partial charge in [-0.3, -0.25) is 9.69 Å². The predicted molar refractivity (Wildman–Crippen MR) is 93.5 cm³/mol. The van der Waals surface area contributed by atoms with E-state index in [4.69, 9.17) is 9.47 Å². The third kappa shape index (κ3) is 4.08. The molecule has 2 aliphatic rings. The van der Waals surface area contributed by atoms with Crippen molar-refractivity contribution in [1.82, 2.24) is 9.80 Å². The van der Waals surface area contributed by atoms with Crippen molar-refractivity contribution in [3.05, 3.63) is 29.8 Å². The van der Waals surface area contributed by atoms with Crippen LogP contribution in [0, 0.1) is 0 Å². The lowest BCUT2D eigenvalue weighted by Crippen LogP contribution is -2.53. The van der Waals surface area contributed by atoms with Gasteiger partial charge in [0.25, 0.3) is 5.91 Å². The smallest absolute Gasteiger partial charge is 0.257 e. The third-order valence-electron chi connectivity index (χ3n) is 4.79. The number of piperazine rings is 1. The van der Waals surface area contributed by atoms with Crippen molar-refractivity contribution >= 4 is 5.91 Å². The molecule has 2 heterocycles. The van der Waals surface area contributed by atoms with Crippen LogP contribution in [0.3, 0.4) is 0 Å². The maximum absolute atomic E-state index is 12.9. The Labute approximate surface area is 144 Å². The molecule has 1 aromatic carbocycles. The van der Waals surface area contributed by atoms with E-state index in [2.05, 4.69) is 4.90 Å². The van der Waals surface area contributed by atoms with Crippen LogP contribution in [0.25, 0.3) is 0 Å². The Morgan fingerprint density at radius 1 is 1.12 bits per heavy atom. The van der Waals surface area contributed by atoms with Crippen LogP contribution in [0.1, 0.15) is 37.0 Å². The Hall–Kier alpha value is -1.59. The van der Waals surface area contributed by atoms with Gasteiger partial charge in [0.1, 0.15) is 5.75 Å². The average molecular weight is 332 g/mol. The number of carbonyl (C=O) groups excluding carboxylic acids is 1. The van der Waals surface area contributed by atoms with Crippen molar-refractivity contribution in [2.24, 2.45) is 0 Å². The van der Waals surface area contributed by atoms with Gasteiger partial charge >= 0.3 is 0 Å². The highest BCUT2D eigenvalue weighted by atomic mass is 16.5. The molecular weight excluding hydrogens is 304 g/mol. The minimum absolute atomic E-state index is 0.0596. The lowest BCUT2D eigenvalue weighted by molar-refractivity contribution is 0.0136. The monoisotopic (exact) mass is 332 g/mol. The van der Waals surface area contributed by atoms with E-state index in [1.807, 2.05) is 43.0 Å². The first kappa shape index (κ1) is 17.2. The van der Waals surface area contributed by atoms with Crippen molar-refractivity contribution < 1.29 is 14.3 Å². The summed E-state index contributed by atoms with van der Waals surface area (Å²) in [6, 6.07) is 8.18. The van der Waals surface area contributed by atoms with Crippen molar-refractivity contribution in [3.63, 3.8) is 0 Å². The van der Waals surface area contributed by atoms with Gasteiger partial charge in [-0.05, 0) is 38.8 Å². The Morgan fingerprint density at radius 3 is 2.46 bits per heavy atom. The highest BCUT2D eigenvalue weighted by Gasteiger charge is 2.28. The molecule has 0 radical (unpaired) electrons. The molecule has 0 bridgehead atoms. The Kier molecular flexibility index (Phi) is 5.74. The molecule has 1 amide bonds. The summed E-state index contributed by atoms with van der Waals surface area (Å²) in [5.41, 5.74) is 0.672. The second-order valence-corrected chi connectivity index (χ2v) is 6.83. The van der Waals surface area contributed by atoms with Gasteiger partial charge in [0.2, 0.25) is 0 Å². The number of amides is 1. The summed E-state index contributed by atoms with van der Waals surface area (Å²) in [5, 5.41) is 0. The van der Waals surface area contributed by atoms with Crippen molar-refractivity contribution in [2.75, 3.05) is 39.4 Å². The Morgan fingerprint density at radius 2 is 1.79 bits per heavy atom. The highest BCUT2D eigenvalue weighted by molar-refractivity contribution is 5.97. The molecule has 1 aromatic rings. The van der Waals surface area contributed by atoms with E-state index >= 15 is 0 Å². The standard InChI is InChI=1S/C19H28N2O3/c1-15(2)24-18-6-4-3-5-17(18)19(22)21-11-9-20(10-12-21)16-7-13-23-14-8-16/h3-6,15-16H,7-14H2,1-2H3. The molecular formula is C19H28N2O3. The summed E-state index contributed by atoms with van der Waals surface area (Å²) < 4.78 is 11.2. The number of hydrogen-bond donors (Lipinski definition) is 0. The first-order valence-corrected chi connectivity index (χ1v) is 9.02. The van der Waals surface area contributed by atoms with Crippen LogP contribution in [-0.2, 0) is 4.74 Å². The molecule has 132 valence electrons. The Balaban J connectivity index is 1.61. The SMILES string of the molecule is CC(C)Oc1ccccc1C(=O)N1CCN(C2CCOCC2)CC1. The number of rotatable bonds is 4. The number of ether oxygens (including phenoxy) is 2. The van der Waals surface area contributed by atoms with Gasteiger partial charge in [0.05, 0.1) is 11.7 Å². The summed E-state index contributed by atoms with van der Waals surface area (Å²) in [4.78, 5) is 17.4. The van der Waals surface area contributed by atoms with Crippen LogP contribution < -0.4 is 4.74 Å². The minimum atomic E-state index is 0.0596. The normalized spacial score (nSPS) is 20.4. The fourth-order valence-corrected chi connectivity index (χ4v) is 3.51. The van der Waals surface area contributed by atoms with Gasteiger partial charge < -0.3 is 14.4 Å². The number of nitrogens with zero attached hydrogens (tertiary/aromatic N) is 2. The van der Waals surface area contributed by atoms with Gasteiger partial charge in [0, 0.05) is 45.4 Å². The summed E-state index contributed by atoms with van der Waals surface area (Å²) in [7, 11) is 0. The average Bonchev–Trinajstić information content (AvgIpc) is 2.62. The van der Waals surface area contributed by atoms with Crippen LogP contribution in [-0.4, -0.2) is 67.2 Å². The topological polar surface area (TPSA) is 42.0 Å². The van der Waals surface area contributed by atoms with Crippen LogP contribution in [0.2, 0.25) is 0 Å². The largest absolute Gasteiger partial charge is 0.490 e. The molecule has 5 nitrogen and oxygen atoms in total. The maximum atomic E-state index is 12.9. The second kappa shape index (κ2) is 7.99. The quantitative estimate of drug-likeness (QED) is 0.849. The maximum Gasteiger partial charge on any atom is 0.257 e. The van der Waals surface area contributed by atoms with Crippen molar-refractivity contribution in [2.45, 2.75) is 38.8 Å². The van der Waals surface area contributed by atoms with E-state index in [1.165, 1.54) is 0 Å². The fraction of sp³-hybridized carbons (Fsp3) is 0.632. The summed E-state index contributed by atoms with van der Waals surface area (Å²) in [5.74, 6) is 0.766. The first-order chi connectivity index (χ1) is 11.6. The van der Waals surface area contributed by atoms with Gasteiger partial charge in [-0.2, -0.15) is 0 Å². The minimum Gasteiger partial charge on any atom is -0.490 e. The number of hydrogen-bond acceptors (Lipinski definition) is 4. The van der Waals surface area contributed by atoms with Gasteiger partial charge in [-0.1, -0.05) is 12.1 Å². The zero-order valence-electron chi connectivity index (χ0n) is 14.7. The lowest BCUT2D eigenvalue weighted by Gasteiger charge is -2.40. The molecule has 2 saturated heterocycles. The molecule has 0 aromatic heterocycles. The molecule has 3 rings (SSSR count). The van der Waals surface area contributed by atoms with E-state index in [-0.39, 0.29) is 12.0 Å². The Bertz CT molecular complexity index is 547. The first-order valence-electron chi connectivity index (χ1n) is 9.02. The third-order valence-corrected chi connectivity index (χ3v) is 4.79. The summed E-state index contributed by atoms with van der Waals surface area (Å²) in [6.07, 6.45) is 2.28. The van der Waals surface area contributed by atoms with Gasteiger partial charge in [0.15, 0.2) is 0 Å². The molecule has 0 spiro atoms. The predicted octanol–water partition coefficient (Wildman–Crippen LogP) is 2.41. The van der Waals surface area contributed by atoms with Crippen LogP contribution in [0.5, 0.6) is 5.75 Å². The summed E-state index contributed by atoms with van der Waals surface area (Å²) >= 11 is 0. The van der Waals surface area contributed by atoms with Gasteiger partial charge in [-0.25, -0.2) is 0 Å². The molecule has 0 aliphatic carbocycles. The second-order valence-electron chi connectivity index (χ2n) is 6.83. The van der Waals surface area contributed by atoms with E-state index in [0.29, 0.717) is 17.4 Å². The number of carbonyl (C=O) groups is 1. The molecule has 24 heavy (non-hydrogen) atoms. The van der Waals surface area contributed by atoms with Crippen LogP contribution in [0.15, 0.2) is 24.3 Å². The number of benzene rings is 1. The van der Waals surface area contributed by atoms with E-state index in [0.717, 1.165) is 52.2 Å². The molecule has 0 unspecified atom stereocenters. The van der Waals surface area contributed by atoms with Crippen molar-refractivity contribution in [3.8, 4) is 5.75 Å². The molecule has 0 saturated carbocycles. The molecule has 2 aliphatic heterocycles. The summed E-state index contributed by atoms with van der Waals surface area (Å²) in [6.45, 7) is 9.15. The van der Waals surface area contributed by atoms with Crippen LogP contribution >= 0.6 is 0 Å². The zero-order chi connectivity index (χ0) is 16.9. The highest BCUT2D eigenvalue weighted by Crippen LogP contribution is 2.23. The molecule has 0 N–H and O–H groups in total. The number of para-hydroxylation sites is 1. The van der Waals surface area contributed by atoms with E-state index < -0.39 is 0 Å². The van der Waals surface area contributed by atoms with E-state index in [1.54, 1.807) is 0 Å². The molecule has 5 heteroatoms. The molecule has 0 atom stereocenters. The van der Waals surface area contributed by atoms with E-state index in [9.17, 15) is 4.79 Å². The fourth-order valence-electron chi connectivity index (χ4n) is 3.51.